The molecular formula is C15H13ClN2O2. The third-order valence-electron chi connectivity index (χ3n) is 3.39. The topological polar surface area (TPSA) is 42.4 Å². The number of hydrogen-bond acceptors (Lipinski definition) is 3. The van der Waals surface area contributed by atoms with Crippen molar-refractivity contribution < 1.29 is 9.53 Å². The molecule has 0 saturated heterocycles. The monoisotopic (exact) mass is 288 g/mol. The van der Waals surface area contributed by atoms with Gasteiger partial charge in [-0.1, -0.05) is 11.6 Å². The van der Waals surface area contributed by atoms with Gasteiger partial charge in [0, 0.05) is 23.2 Å². The first-order chi connectivity index (χ1) is 9.69. The molecule has 0 N–H and O–H groups in total. The summed E-state index contributed by atoms with van der Waals surface area (Å²) in [4.78, 5) is 18.4. The fraction of sp³-hybridized carbons (Fsp3) is 0.200. The Bertz CT molecular complexity index is 673. The quantitative estimate of drug-likeness (QED) is 0.853. The van der Waals surface area contributed by atoms with Crippen molar-refractivity contribution in [2.45, 2.75) is 6.42 Å². The summed E-state index contributed by atoms with van der Waals surface area (Å²) in [5.74, 6) is 0.607. The van der Waals surface area contributed by atoms with Crippen molar-refractivity contribution in [1.29, 1.82) is 0 Å². The molecule has 2 aromatic rings. The van der Waals surface area contributed by atoms with E-state index in [1.54, 1.807) is 36.5 Å². The maximum Gasteiger partial charge on any atom is 0.258 e. The molecule has 102 valence electrons. The van der Waals surface area contributed by atoms with Crippen molar-refractivity contribution >= 4 is 23.2 Å². The van der Waals surface area contributed by atoms with Crippen LogP contribution in [-0.4, -0.2) is 24.5 Å². The van der Waals surface area contributed by atoms with Crippen molar-refractivity contribution in [3.05, 3.63) is 52.8 Å². The van der Waals surface area contributed by atoms with Crippen LogP contribution >= 0.6 is 11.6 Å². The molecule has 4 nitrogen and oxygen atoms in total. The summed E-state index contributed by atoms with van der Waals surface area (Å²) >= 11 is 5.97. The first-order valence-corrected chi connectivity index (χ1v) is 6.66. The predicted molar refractivity (Wildman–Crippen MR) is 77.6 cm³/mol. The lowest BCUT2D eigenvalue weighted by Crippen LogP contribution is -2.37. The number of methoxy groups -OCH3 is 1. The van der Waals surface area contributed by atoms with E-state index in [9.17, 15) is 4.79 Å². The minimum Gasteiger partial charge on any atom is -0.495 e. The van der Waals surface area contributed by atoms with Crippen molar-refractivity contribution in [2.75, 3.05) is 18.6 Å². The maximum absolute atomic E-state index is 12.5. The molecule has 20 heavy (non-hydrogen) atoms. The van der Waals surface area contributed by atoms with Crippen LogP contribution in [0, 0.1) is 0 Å². The van der Waals surface area contributed by atoms with E-state index in [1.165, 1.54) is 0 Å². The van der Waals surface area contributed by atoms with Crippen LogP contribution in [0.5, 0.6) is 5.75 Å². The summed E-state index contributed by atoms with van der Waals surface area (Å²) < 4.78 is 5.15. The fourth-order valence-corrected chi connectivity index (χ4v) is 2.56. The summed E-state index contributed by atoms with van der Waals surface area (Å²) in [5, 5.41) is 0.660. The van der Waals surface area contributed by atoms with Crippen molar-refractivity contribution in [2.24, 2.45) is 0 Å². The van der Waals surface area contributed by atoms with Crippen LogP contribution < -0.4 is 9.64 Å². The molecule has 0 atom stereocenters. The average molecular weight is 289 g/mol. The highest BCUT2D eigenvalue weighted by atomic mass is 35.5. The molecule has 0 saturated carbocycles. The minimum atomic E-state index is -0.0297. The van der Waals surface area contributed by atoms with Crippen LogP contribution in [0.3, 0.4) is 0 Å². The Balaban J connectivity index is 1.97. The second kappa shape index (κ2) is 5.13. The van der Waals surface area contributed by atoms with E-state index in [0.717, 1.165) is 17.7 Å². The lowest BCUT2D eigenvalue weighted by molar-refractivity contribution is 0.0980. The van der Waals surface area contributed by atoms with Crippen molar-refractivity contribution in [3.63, 3.8) is 0 Å². The molecular weight excluding hydrogens is 276 g/mol. The SMILES string of the molecule is COc1cncc(N2CCc3cc(Cl)ccc3C2=O)c1. The van der Waals surface area contributed by atoms with Gasteiger partial charge in [0.15, 0.2) is 0 Å². The van der Waals surface area contributed by atoms with Crippen molar-refractivity contribution in [1.82, 2.24) is 4.98 Å². The molecule has 0 spiro atoms. The van der Waals surface area contributed by atoms with Gasteiger partial charge in [0.05, 0.1) is 25.2 Å². The molecule has 1 aliphatic heterocycles. The molecule has 0 bridgehead atoms. The Morgan fingerprint density at radius 3 is 2.95 bits per heavy atom. The summed E-state index contributed by atoms with van der Waals surface area (Å²) in [5.41, 5.74) is 2.44. The number of carbonyl (C=O) groups is 1. The van der Waals surface area contributed by atoms with Crippen LogP contribution in [0.25, 0.3) is 0 Å². The number of halogens is 1. The summed E-state index contributed by atoms with van der Waals surface area (Å²) in [6.07, 6.45) is 4.06. The number of fused-ring (bicyclic) bond motifs is 1. The zero-order valence-corrected chi connectivity index (χ0v) is 11.7. The van der Waals surface area contributed by atoms with Gasteiger partial charge in [-0.2, -0.15) is 0 Å². The summed E-state index contributed by atoms with van der Waals surface area (Å²) in [6, 6.07) is 7.19. The van der Waals surface area contributed by atoms with E-state index < -0.39 is 0 Å². The smallest absolute Gasteiger partial charge is 0.258 e. The van der Waals surface area contributed by atoms with Gasteiger partial charge in [0.2, 0.25) is 0 Å². The minimum absolute atomic E-state index is 0.0297. The second-order valence-electron chi connectivity index (χ2n) is 4.59. The Labute approximate surface area is 122 Å². The van der Waals surface area contributed by atoms with Crippen LogP contribution in [0.15, 0.2) is 36.7 Å². The van der Waals surface area contributed by atoms with E-state index in [-0.39, 0.29) is 5.91 Å². The normalized spacial score (nSPS) is 14.1. The number of hydrogen-bond donors (Lipinski definition) is 0. The summed E-state index contributed by atoms with van der Waals surface area (Å²) in [6.45, 7) is 0.612. The number of nitrogens with zero attached hydrogens (tertiary/aromatic N) is 2. The molecule has 1 amide bonds. The van der Waals surface area contributed by atoms with Crippen LogP contribution in [0.4, 0.5) is 5.69 Å². The number of aromatic nitrogens is 1. The van der Waals surface area contributed by atoms with Crippen LogP contribution in [-0.2, 0) is 6.42 Å². The Kier molecular flexibility index (Phi) is 3.32. The third-order valence-corrected chi connectivity index (χ3v) is 3.63. The number of ether oxygens (including phenoxy) is 1. The van der Waals surface area contributed by atoms with Crippen LogP contribution in [0.2, 0.25) is 5.02 Å². The van der Waals surface area contributed by atoms with E-state index >= 15 is 0 Å². The van der Waals surface area contributed by atoms with Gasteiger partial charge in [0.1, 0.15) is 5.75 Å². The van der Waals surface area contributed by atoms with Gasteiger partial charge >= 0.3 is 0 Å². The highest BCUT2D eigenvalue weighted by molar-refractivity contribution is 6.30. The van der Waals surface area contributed by atoms with Gasteiger partial charge in [-0.25, -0.2) is 0 Å². The second-order valence-corrected chi connectivity index (χ2v) is 5.03. The Hall–Kier alpha value is -2.07. The zero-order chi connectivity index (χ0) is 14.1. The molecule has 2 heterocycles. The first kappa shape index (κ1) is 12.9. The lowest BCUT2D eigenvalue weighted by Gasteiger charge is -2.28. The van der Waals surface area contributed by atoms with Gasteiger partial charge in [-0.15, -0.1) is 0 Å². The first-order valence-electron chi connectivity index (χ1n) is 6.28. The molecule has 0 unspecified atom stereocenters. The largest absolute Gasteiger partial charge is 0.495 e. The number of benzene rings is 1. The lowest BCUT2D eigenvalue weighted by atomic mass is 9.99. The molecule has 0 fully saturated rings. The fourth-order valence-electron chi connectivity index (χ4n) is 2.37. The molecule has 0 aliphatic carbocycles. The number of rotatable bonds is 2. The van der Waals surface area contributed by atoms with E-state index in [4.69, 9.17) is 16.3 Å². The maximum atomic E-state index is 12.5. The summed E-state index contributed by atoms with van der Waals surface area (Å²) in [7, 11) is 1.58. The highest BCUT2D eigenvalue weighted by Crippen LogP contribution is 2.27. The molecule has 5 heteroatoms. The Morgan fingerprint density at radius 2 is 2.15 bits per heavy atom. The third kappa shape index (κ3) is 2.23. The van der Waals surface area contributed by atoms with Gasteiger partial charge in [-0.05, 0) is 30.2 Å². The standard InChI is InChI=1S/C15H13ClN2O2/c1-20-13-7-12(8-17-9-13)18-5-4-10-6-11(16)2-3-14(10)15(18)19/h2-3,6-9H,4-5H2,1H3. The number of anilines is 1. The molecule has 0 radical (unpaired) electrons. The number of carbonyl (C=O) groups excluding carboxylic acids is 1. The zero-order valence-electron chi connectivity index (χ0n) is 11.0. The van der Waals surface area contributed by atoms with Crippen LogP contribution in [0.1, 0.15) is 15.9 Å². The average Bonchev–Trinajstić information content (AvgIpc) is 2.47. The van der Waals surface area contributed by atoms with Gasteiger partial charge in [0.25, 0.3) is 5.91 Å². The molecule has 1 aromatic carbocycles. The Morgan fingerprint density at radius 1 is 1.30 bits per heavy atom. The van der Waals surface area contributed by atoms with Gasteiger partial charge in [-0.3, -0.25) is 9.78 Å². The van der Waals surface area contributed by atoms with E-state index in [2.05, 4.69) is 4.98 Å². The highest BCUT2D eigenvalue weighted by Gasteiger charge is 2.25. The molecule has 3 rings (SSSR count). The van der Waals surface area contributed by atoms with Gasteiger partial charge < -0.3 is 9.64 Å². The van der Waals surface area contributed by atoms with E-state index in [0.29, 0.717) is 22.9 Å². The van der Waals surface area contributed by atoms with E-state index in [1.807, 2.05) is 12.1 Å². The molecule has 1 aliphatic rings. The number of amides is 1. The predicted octanol–water partition coefficient (Wildman–Crippen LogP) is 2.95. The van der Waals surface area contributed by atoms with Crippen molar-refractivity contribution in [3.8, 4) is 5.75 Å². The number of pyridine rings is 1. The molecule has 1 aromatic heterocycles.